The van der Waals surface area contributed by atoms with Crippen LogP contribution in [0.4, 0.5) is 13.2 Å². The van der Waals surface area contributed by atoms with Crippen molar-refractivity contribution in [1.82, 2.24) is 0 Å². The van der Waals surface area contributed by atoms with E-state index in [-0.39, 0.29) is 25.6 Å². The minimum Gasteiger partial charge on any atom is -0.368 e. The fourth-order valence-corrected chi connectivity index (χ4v) is 1.24. The molecule has 0 radical (unpaired) electrons. The molecule has 1 aliphatic rings. The molecule has 1 saturated heterocycles. The highest BCUT2D eigenvalue weighted by Crippen LogP contribution is 2.33. The molecule has 0 aromatic heterocycles. The van der Waals surface area contributed by atoms with Gasteiger partial charge in [0.1, 0.15) is 0 Å². The average Bonchev–Trinajstić information content (AvgIpc) is 2.31. The first-order chi connectivity index (χ1) is 5.05. The molecule has 1 heterocycles. The Balaban J connectivity index is 0.00000121. The summed E-state index contributed by atoms with van der Waals surface area (Å²) in [5.41, 5.74) is 5.14. The summed E-state index contributed by atoms with van der Waals surface area (Å²) in [5.74, 6) is -0.546. The van der Waals surface area contributed by atoms with Gasteiger partial charge in [0.25, 0.3) is 0 Å². The lowest BCUT2D eigenvalue weighted by atomic mass is 10.0. The lowest BCUT2D eigenvalue weighted by Crippen LogP contribution is -2.36. The molecule has 12 heavy (non-hydrogen) atoms. The third-order valence-electron chi connectivity index (χ3n) is 1.84. The van der Waals surface area contributed by atoms with Crippen molar-refractivity contribution in [2.24, 2.45) is 11.7 Å². The number of rotatable bonds is 1. The van der Waals surface area contributed by atoms with Crippen molar-refractivity contribution in [2.75, 3.05) is 13.2 Å². The number of nitrogens with two attached hydrogens (primary N) is 1. The van der Waals surface area contributed by atoms with Gasteiger partial charge in [-0.1, -0.05) is 0 Å². The number of hydrogen-bond acceptors (Lipinski definition) is 2. The third kappa shape index (κ3) is 2.50. The van der Waals surface area contributed by atoms with Gasteiger partial charge in [-0.25, -0.2) is 0 Å². The molecule has 74 valence electrons. The van der Waals surface area contributed by atoms with Gasteiger partial charge in [0.2, 0.25) is 0 Å². The Bertz CT molecular complexity index is 141. The fourth-order valence-electron chi connectivity index (χ4n) is 1.24. The zero-order valence-electron chi connectivity index (χ0n) is 6.30. The van der Waals surface area contributed by atoms with Gasteiger partial charge in [-0.2, -0.15) is 13.2 Å². The molecule has 2 nitrogen and oxygen atoms in total. The first kappa shape index (κ1) is 12.0. The van der Waals surface area contributed by atoms with Crippen LogP contribution in [-0.2, 0) is 4.74 Å². The summed E-state index contributed by atoms with van der Waals surface area (Å²) in [7, 11) is 0. The number of alkyl halides is 3. The highest BCUT2D eigenvalue weighted by molar-refractivity contribution is 5.85. The fraction of sp³-hybridized carbons (Fsp3) is 1.00. The molecule has 1 aliphatic heterocycles. The Morgan fingerprint density at radius 3 is 2.33 bits per heavy atom. The number of halogens is 4. The molecule has 1 fully saturated rings. The molecule has 0 bridgehead atoms. The highest BCUT2D eigenvalue weighted by atomic mass is 35.5. The quantitative estimate of drug-likeness (QED) is 0.701. The van der Waals surface area contributed by atoms with E-state index in [4.69, 9.17) is 5.73 Å². The molecular formula is C6H11ClF3NO. The molecule has 0 spiro atoms. The van der Waals surface area contributed by atoms with Crippen LogP contribution in [0.1, 0.15) is 6.42 Å². The van der Waals surface area contributed by atoms with Crippen LogP contribution in [0.15, 0.2) is 0 Å². The monoisotopic (exact) mass is 205 g/mol. The summed E-state index contributed by atoms with van der Waals surface area (Å²) in [6, 6.07) is 0. The first-order valence-corrected chi connectivity index (χ1v) is 3.44. The molecule has 0 saturated carbocycles. The van der Waals surface area contributed by atoms with E-state index in [2.05, 4.69) is 4.74 Å². The summed E-state index contributed by atoms with van der Waals surface area (Å²) in [6.45, 7) is 0.218. The van der Waals surface area contributed by atoms with Crippen LogP contribution < -0.4 is 5.73 Å². The molecule has 6 heteroatoms. The Morgan fingerprint density at radius 1 is 1.42 bits per heavy atom. The molecule has 0 aromatic carbocycles. The van der Waals surface area contributed by atoms with Crippen molar-refractivity contribution in [2.45, 2.75) is 18.7 Å². The minimum absolute atomic E-state index is 0. The predicted octanol–water partition coefficient (Wildman–Crippen LogP) is 1.33. The summed E-state index contributed by atoms with van der Waals surface area (Å²) in [6.07, 6.45) is -5.46. The van der Waals surface area contributed by atoms with Crippen molar-refractivity contribution in [3.63, 3.8) is 0 Å². The number of ether oxygens (including phenoxy) is 1. The topological polar surface area (TPSA) is 35.2 Å². The maximum Gasteiger partial charge on any atom is 0.414 e. The van der Waals surface area contributed by atoms with Gasteiger partial charge in [-0.05, 0) is 13.0 Å². The maximum absolute atomic E-state index is 12.0. The van der Waals surface area contributed by atoms with E-state index in [0.29, 0.717) is 6.42 Å². The van der Waals surface area contributed by atoms with Crippen LogP contribution in [0.5, 0.6) is 0 Å². The average molecular weight is 206 g/mol. The zero-order chi connectivity index (χ0) is 8.48. The Kier molecular flexibility index (Phi) is 4.30. The molecule has 0 amide bonds. The van der Waals surface area contributed by atoms with E-state index < -0.39 is 18.2 Å². The normalized spacial score (nSPS) is 30.0. The van der Waals surface area contributed by atoms with E-state index in [0.717, 1.165) is 0 Å². The maximum atomic E-state index is 12.0. The highest BCUT2D eigenvalue weighted by Gasteiger charge is 2.47. The van der Waals surface area contributed by atoms with Gasteiger partial charge < -0.3 is 10.5 Å². The van der Waals surface area contributed by atoms with Gasteiger partial charge in [-0.3, -0.25) is 0 Å². The van der Waals surface area contributed by atoms with Gasteiger partial charge >= 0.3 is 6.18 Å². The van der Waals surface area contributed by atoms with Crippen molar-refractivity contribution < 1.29 is 17.9 Å². The largest absolute Gasteiger partial charge is 0.414 e. The number of hydrogen-bond donors (Lipinski definition) is 1. The summed E-state index contributed by atoms with van der Waals surface area (Å²) < 4.78 is 40.6. The third-order valence-corrected chi connectivity index (χ3v) is 1.84. The Labute approximate surface area is 74.7 Å². The van der Waals surface area contributed by atoms with Gasteiger partial charge in [0.15, 0.2) is 6.10 Å². The molecule has 1 rings (SSSR count). The minimum atomic E-state index is -4.25. The zero-order valence-corrected chi connectivity index (χ0v) is 7.12. The summed E-state index contributed by atoms with van der Waals surface area (Å²) >= 11 is 0. The van der Waals surface area contributed by atoms with E-state index in [9.17, 15) is 13.2 Å². The van der Waals surface area contributed by atoms with Gasteiger partial charge in [0.05, 0.1) is 0 Å². The molecule has 0 aromatic rings. The SMILES string of the molecule is Cl.NC[C@@H]1CCO[C@@H]1C(F)(F)F. The summed E-state index contributed by atoms with van der Waals surface area (Å²) in [5, 5.41) is 0. The van der Waals surface area contributed by atoms with Gasteiger partial charge in [-0.15, -0.1) is 12.4 Å². The second-order valence-corrected chi connectivity index (χ2v) is 2.62. The van der Waals surface area contributed by atoms with Crippen LogP contribution in [0.25, 0.3) is 0 Å². The molecule has 0 unspecified atom stereocenters. The van der Waals surface area contributed by atoms with Crippen molar-refractivity contribution >= 4 is 12.4 Å². The summed E-state index contributed by atoms with van der Waals surface area (Å²) in [4.78, 5) is 0. The molecule has 2 N–H and O–H groups in total. The van der Waals surface area contributed by atoms with Crippen LogP contribution in [0.3, 0.4) is 0 Å². The van der Waals surface area contributed by atoms with E-state index in [1.807, 2.05) is 0 Å². The van der Waals surface area contributed by atoms with E-state index in [1.165, 1.54) is 0 Å². The van der Waals surface area contributed by atoms with Crippen molar-refractivity contribution in [3.8, 4) is 0 Å². The lowest BCUT2D eigenvalue weighted by molar-refractivity contribution is -0.215. The second kappa shape index (κ2) is 4.30. The van der Waals surface area contributed by atoms with E-state index >= 15 is 0 Å². The Hall–Kier alpha value is -0.0000000000000000555. The van der Waals surface area contributed by atoms with Crippen molar-refractivity contribution in [3.05, 3.63) is 0 Å². The lowest BCUT2D eigenvalue weighted by Gasteiger charge is -2.19. The molecule has 0 aliphatic carbocycles. The second-order valence-electron chi connectivity index (χ2n) is 2.62. The van der Waals surface area contributed by atoms with Crippen LogP contribution in [0.2, 0.25) is 0 Å². The first-order valence-electron chi connectivity index (χ1n) is 3.44. The smallest absolute Gasteiger partial charge is 0.368 e. The van der Waals surface area contributed by atoms with E-state index in [1.54, 1.807) is 0 Å². The van der Waals surface area contributed by atoms with Crippen LogP contribution >= 0.6 is 12.4 Å². The molecular weight excluding hydrogens is 195 g/mol. The van der Waals surface area contributed by atoms with Crippen LogP contribution in [-0.4, -0.2) is 25.4 Å². The van der Waals surface area contributed by atoms with Crippen molar-refractivity contribution in [1.29, 1.82) is 0 Å². The predicted molar refractivity (Wildman–Crippen MR) is 40.2 cm³/mol. The standard InChI is InChI=1S/C6H10F3NO.ClH/c7-6(8,9)5-4(3-10)1-2-11-5;/h4-5H,1-3,10H2;1H/t4-,5-;/m0./s1. The van der Waals surface area contributed by atoms with Crippen LogP contribution in [0, 0.1) is 5.92 Å². The Morgan fingerprint density at radius 2 is 2.00 bits per heavy atom. The van der Waals surface area contributed by atoms with Gasteiger partial charge in [0, 0.05) is 12.5 Å². The molecule has 2 atom stereocenters.